The van der Waals surface area contributed by atoms with Gasteiger partial charge in [-0.25, -0.2) is 0 Å². The maximum Gasteiger partial charge on any atom is 0.0949 e. The topological polar surface area (TPSA) is 46.2 Å². The van der Waals surface area contributed by atoms with E-state index < -0.39 is 8.30 Å². The van der Waals surface area contributed by atoms with E-state index >= 15 is 0 Å². The number of benzene rings is 2. The van der Waals surface area contributed by atoms with Crippen LogP contribution in [0.25, 0.3) is 10.8 Å². The largest absolute Gasteiger partial charge is 0.359 e. The first-order valence-electron chi connectivity index (χ1n) is 6.09. The molecule has 0 fully saturated rings. The van der Waals surface area contributed by atoms with E-state index in [0.717, 1.165) is 24.8 Å². The zero-order chi connectivity index (χ0) is 12.8. The third-order valence-electron chi connectivity index (χ3n) is 2.79. The van der Waals surface area contributed by atoms with Gasteiger partial charge in [-0.15, -0.1) is 11.8 Å². The van der Waals surface area contributed by atoms with E-state index in [1.165, 1.54) is 15.7 Å². The average Bonchev–Trinajstić information content (AvgIpc) is 2.38. The number of nitrogens with two attached hydrogens (primary N) is 1. The molecule has 2 aromatic rings. The van der Waals surface area contributed by atoms with Crippen LogP contribution in [0.1, 0.15) is 12.8 Å². The van der Waals surface area contributed by atoms with Crippen LogP contribution in [0.5, 0.6) is 0 Å². The van der Waals surface area contributed by atoms with Crippen molar-refractivity contribution in [3.8, 4) is 0 Å². The highest BCUT2D eigenvalue weighted by Gasteiger charge is 2.01. The van der Waals surface area contributed by atoms with Gasteiger partial charge < -0.3 is 4.89 Å². The summed E-state index contributed by atoms with van der Waals surface area (Å²) in [5.74, 6) is 1.08. The molecule has 0 amide bonds. The van der Waals surface area contributed by atoms with Crippen LogP contribution in [-0.2, 0) is 0 Å². The molecular weight excluding hydrogens is 261 g/mol. The average molecular weight is 279 g/mol. The summed E-state index contributed by atoms with van der Waals surface area (Å²) in [7, 11) is -1.21. The van der Waals surface area contributed by atoms with Crippen molar-refractivity contribution in [2.75, 3.05) is 11.9 Å². The van der Waals surface area contributed by atoms with Crippen molar-refractivity contribution in [3.63, 3.8) is 0 Å². The Kier molecular flexibility index (Phi) is 5.45. The van der Waals surface area contributed by atoms with Crippen LogP contribution < -0.4 is 5.50 Å². The summed E-state index contributed by atoms with van der Waals surface area (Å²) in [6.45, 7) is 0. The number of fused-ring (bicyclic) bond motifs is 1. The van der Waals surface area contributed by atoms with Gasteiger partial charge in [0.15, 0.2) is 0 Å². The summed E-state index contributed by atoms with van der Waals surface area (Å²) in [5, 5.41) is 2.62. The number of unbranched alkanes of at least 4 members (excludes halogenated alkanes) is 1. The van der Waals surface area contributed by atoms with Gasteiger partial charge >= 0.3 is 0 Å². The number of hydrogen-bond acceptors (Lipinski definition) is 3. The predicted molar refractivity (Wildman–Crippen MR) is 82.1 cm³/mol. The molecule has 0 radical (unpaired) electrons. The second kappa shape index (κ2) is 7.10. The smallest absolute Gasteiger partial charge is 0.0949 e. The third-order valence-corrected chi connectivity index (χ3v) is 4.72. The molecule has 18 heavy (non-hydrogen) atoms. The fraction of sp³-hybridized carbons (Fsp3) is 0.286. The summed E-state index contributed by atoms with van der Waals surface area (Å²) in [6, 6.07) is 14.9. The Balaban J connectivity index is 1.91. The van der Waals surface area contributed by atoms with E-state index in [1.54, 1.807) is 0 Å². The molecule has 0 aromatic heterocycles. The highest BCUT2D eigenvalue weighted by atomic mass is 32.2. The zero-order valence-electron chi connectivity index (χ0n) is 10.2. The lowest BCUT2D eigenvalue weighted by Crippen LogP contribution is -1.93. The first kappa shape index (κ1) is 13.8. The Morgan fingerprint density at radius 3 is 2.67 bits per heavy atom. The van der Waals surface area contributed by atoms with Crippen LogP contribution in [0.2, 0.25) is 0 Å². The summed E-state index contributed by atoms with van der Waals surface area (Å²) in [4.78, 5) is 10.4. The van der Waals surface area contributed by atoms with Crippen molar-refractivity contribution in [1.82, 2.24) is 0 Å². The van der Waals surface area contributed by atoms with E-state index in [9.17, 15) is 0 Å². The number of hydrogen-bond donors (Lipinski definition) is 2. The standard InChI is InChI=1S/C14H18NOPS/c15-17(16)10-3-4-11-18-14-9-5-7-12-6-1-2-8-13(12)14/h1-2,5-9,16H,3-4,10-11,15H2. The fourth-order valence-electron chi connectivity index (χ4n) is 1.88. The molecule has 0 heterocycles. The van der Waals surface area contributed by atoms with Crippen LogP contribution in [0.3, 0.4) is 0 Å². The predicted octanol–water partition coefficient (Wildman–Crippen LogP) is 3.98. The van der Waals surface area contributed by atoms with Gasteiger partial charge in [0.25, 0.3) is 0 Å². The molecule has 0 aliphatic rings. The zero-order valence-corrected chi connectivity index (χ0v) is 12.0. The highest BCUT2D eigenvalue weighted by molar-refractivity contribution is 7.99. The van der Waals surface area contributed by atoms with Crippen LogP contribution in [0, 0.1) is 0 Å². The molecule has 3 N–H and O–H groups in total. The normalized spacial score (nSPS) is 12.8. The lowest BCUT2D eigenvalue weighted by Gasteiger charge is -2.06. The summed E-state index contributed by atoms with van der Waals surface area (Å²) in [6.07, 6.45) is 2.87. The Hall–Kier alpha value is -0.600. The Morgan fingerprint density at radius 2 is 1.83 bits per heavy atom. The van der Waals surface area contributed by atoms with Crippen LogP contribution >= 0.6 is 20.1 Å². The molecule has 0 saturated carbocycles. The van der Waals surface area contributed by atoms with Gasteiger partial charge in [0.05, 0.1) is 8.30 Å². The molecule has 0 spiro atoms. The molecule has 0 aliphatic heterocycles. The van der Waals surface area contributed by atoms with E-state index in [4.69, 9.17) is 10.4 Å². The molecule has 2 aromatic carbocycles. The van der Waals surface area contributed by atoms with Crippen molar-refractivity contribution in [1.29, 1.82) is 0 Å². The highest BCUT2D eigenvalue weighted by Crippen LogP contribution is 2.29. The van der Waals surface area contributed by atoms with Gasteiger partial charge in [-0.05, 0) is 35.4 Å². The summed E-state index contributed by atoms with van der Waals surface area (Å²) >= 11 is 1.89. The molecule has 4 heteroatoms. The van der Waals surface area contributed by atoms with Gasteiger partial charge in [-0.3, -0.25) is 5.50 Å². The molecule has 96 valence electrons. The lowest BCUT2D eigenvalue weighted by molar-refractivity contribution is 0.620. The fourth-order valence-corrected chi connectivity index (χ4v) is 3.51. The molecular formula is C14H18NOPS. The van der Waals surface area contributed by atoms with Crippen molar-refractivity contribution in [2.24, 2.45) is 5.50 Å². The molecule has 0 saturated heterocycles. The molecule has 2 nitrogen and oxygen atoms in total. The maximum atomic E-state index is 9.05. The summed E-state index contributed by atoms with van der Waals surface area (Å²) < 4.78 is 0. The van der Waals surface area contributed by atoms with Crippen molar-refractivity contribution < 1.29 is 4.89 Å². The molecule has 0 aliphatic carbocycles. The monoisotopic (exact) mass is 279 g/mol. The summed E-state index contributed by atoms with van der Waals surface area (Å²) in [5.41, 5.74) is 5.37. The minimum atomic E-state index is -1.21. The van der Waals surface area contributed by atoms with Crippen molar-refractivity contribution >= 4 is 30.8 Å². The molecule has 2 rings (SSSR count). The van der Waals surface area contributed by atoms with Crippen LogP contribution in [-0.4, -0.2) is 16.8 Å². The van der Waals surface area contributed by atoms with E-state index in [-0.39, 0.29) is 0 Å². The van der Waals surface area contributed by atoms with Gasteiger partial charge in [0.2, 0.25) is 0 Å². The molecule has 0 bridgehead atoms. The maximum absolute atomic E-state index is 9.05. The SMILES string of the molecule is NP(O)CCCCSc1cccc2ccccc12. The second-order valence-electron chi connectivity index (χ2n) is 4.20. The molecule has 1 unspecified atom stereocenters. The van der Waals surface area contributed by atoms with Gasteiger partial charge in [-0.2, -0.15) is 0 Å². The molecule has 1 atom stereocenters. The van der Waals surface area contributed by atoms with Crippen LogP contribution in [0.4, 0.5) is 0 Å². The van der Waals surface area contributed by atoms with E-state index in [0.29, 0.717) is 0 Å². The number of rotatable bonds is 6. The Morgan fingerprint density at radius 1 is 1.06 bits per heavy atom. The van der Waals surface area contributed by atoms with Gasteiger partial charge in [-0.1, -0.05) is 36.4 Å². The van der Waals surface area contributed by atoms with Crippen LogP contribution in [0.15, 0.2) is 47.4 Å². The first-order chi connectivity index (χ1) is 8.77. The van der Waals surface area contributed by atoms with E-state index in [1.807, 2.05) is 11.8 Å². The first-order valence-corrected chi connectivity index (χ1v) is 8.62. The van der Waals surface area contributed by atoms with E-state index in [2.05, 4.69) is 42.5 Å². The number of thioether (sulfide) groups is 1. The van der Waals surface area contributed by atoms with Crippen molar-refractivity contribution in [3.05, 3.63) is 42.5 Å². The Labute approximate surface area is 113 Å². The lowest BCUT2D eigenvalue weighted by atomic mass is 10.1. The van der Waals surface area contributed by atoms with Crippen molar-refractivity contribution in [2.45, 2.75) is 17.7 Å². The minimum Gasteiger partial charge on any atom is -0.359 e. The Bertz CT molecular complexity index is 499. The van der Waals surface area contributed by atoms with Gasteiger partial charge in [0, 0.05) is 11.1 Å². The third kappa shape index (κ3) is 3.96. The van der Waals surface area contributed by atoms with Gasteiger partial charge in [0.1, 0.15) is 0 Å². The minimum absolute atomic E-state index is 0.755. The second-order valence-corrected chi connectivity index (χ2v) is 6.66. The quantitative estimate of drug-likeness (QED) is 0.478.